The molecule has 0 unspecified atom stereocenters. The minimum absolute atomic E-state index is 0.00185. The molecule has 0 bridgehead atoms. The molecule has 1 aromatic rings. The normalized spacial score (nSPS) is 10.4. The van der Waals surface area contributed by atoms with Gasteiger partial charge in [-0.25, -0.2) is 0 Å². The highest BCUT2D eigenvalue weighted by Gasteiger charge is 2.04. The van der Waals surface area contributed by atoms with Gasteiger partial charge in [0.2, 0.25) is 5.91 Å². The molecule has 0 saturated heterocycles. The standard InChI is InChI=1S/C11H19N3O2/c1-16-7-3-5-13-11(15)9-14-6-2-4-10(14)8-12/h2,4,6H,3,5,7-9,12H2,1H3,(H,13,15). The zero-order chi connectivity index (χ0) is 11.8. The highest BCUT2D eigenvalue weighted by atomic mass is 16.5. The first kappa shape index (κ1) is 12.7. The van der Waals surface area contributed by atoms with E-state index in [-0.39, 0.29) is 5.91 Å². The molecular formula is C11H19N3O2. The van der Waals surface area contributed by atoms with Gasteiger partial charge in [-0.05, 0) is 18.6 Å². The van der Waals surface area contributed by atoms with Gasteiger partial charge in [0.1, 0.15) is 6.54 Å². The van der Waals surface area contributed by atoms with Crippen LogP contribution < -0.4 is 11.1 Å². The van der Waals surface area contributed by atoms with Crippen molar-refractivity contribution < 1.29 is 9.53 Å². The molecule has 0 atom stereocenters. The van der Waals surface area contributed by atoms with E-state index in [1.165, 1.54) is 0 Å². The fourth-order valence-corrected chi connectivity index (χ4v) is 1.44. The van der Waals surface area contributed by atoms with Crippen molar-refractivity contribution in [3.63, 3.8) is 0 Å². The molecule has 0 fully saturated rings. The van der Waals surface area contributed by atoms with E-state index in [0.717, 1.165) is 12.1 Å². The highest BCUT2D eigenvalue weighted by molar-refractivity contribution is 5.75. The summed E-state index contributed by atoms with van der Waals surface area (Å²) in [5.74, 6) is 0.00185. The van der Waals surface area contributed by atoms with E-state index >= 15 is 0 Å². The van der Waals surface area contributed by atoms with Crippen LogP contribution in [0.3, 0.4) is 0 Å². The molecule has 3 N–H and O–H groups in total. The quantitative estimate of drug-likeness (QED) is 0.647. The van der Waals surface area contributed by atoms with Crippen molar-refractivity contribution >= 4 is 5.91 Å². The Bertz CT molecular complexity index is 323. The van der Waals surface area contributed by atoms with Crippen molar-refractivity contribution in [1.29, 1.82) is 0 Å². The molecule has 1 amide bonds. The number of carbonyl (C=O) groups excluding carboxylic acids is 1. The smallest absolute Gasteiger partial charge is 0.239 e. The first-order valence-corrected chi connectivity index (χ1v) is 5.37. The maximum Gasteiger partial charge on any atom is 0.239 e. The number of hydrogen-bond donors (Lipinski definition) is 2. The van der Waals surface area contributed by atoms with Crippen molar-refractivity contribution in [2.75, 3.05) is 20.3 Å². The van der Waals surface area contributed by atoms with Crippen LogP contribution in [0.5, 0.6) is 0 Å². The molecule has 1 rings (SSSR count). The lowest BCUT2D eigenvalue weighted by Gasteiger charge is -2.08. The molecule has 90 valence electrons. The van der Waals surface area contributed by atoms with Gasteiger partial charge >= 0.3 is 0 Å². The summed E-state index contributed by atoms with van der Waals surface area (Å²) in [7, 11) is 1.65. The predicted octanol–water partition coefficient (Wildman–Crippen LogP) is 0.0995. The number of nitrogens with zero attached hydrogens (tertiary/aromatic N) is 1. The Morgan fingerprint density at radius 3 is 3.12 bits per heavy atom. The van der Waals surface area contributed by atoms with Crippen LogP contribution in [0, 0.1) is 0 Å². The van der Waals surface area contributed by atoms with Crippen molar-refractivity contribution in [3.8, 4) is 0 Å². The molecular weight excluding hydrogens is 206 g/mol. The second kappa shape index (κ2) is 7.03. The molecule has 1 heterocycles. The van der Waals surface area contributed by atoms with Gasteiger partial charge in [0.25, 0.3) is 0 Å². The zero-order valence-electron chi connectivity index (χ0n) is 9.61. The summed E-state index contributed by atoms with van der Waals surface area (Å²) in [6.45, 7) is 2.08. The molecule has 16 heavy (non-hydrogen) atoms. The molecule has 0 aromatic carbocycles. The van der Waals surface area contributed by atoms with Crippen LogP contribution in [0.15, 0.2) is 18.3 Å². The lowest BCUT2D eigenvalue weighted by molar-refractivity contribution is -0.121. The van der Waals surface area contributed by atoms with E-state index in [0.29, 0.717) is 26.2 Å². The van der Waals surface area contributed by atoms with E-state index in [1.807, 2.05) is 22.9 Å². The zero-order valence-corrected chi connectivity index (χ0v) is 9.61. The Morgan fingerprint density at radius 2 is 2.44 bits per heavy atom. The fourth-order valence-electron chi connectivity index (χ4n) is 1.44. The SMILES string of the molecule is COCCCNC(=O)Cn1cccc1CN. The number of hydrogen-bond acceptors (Lipinski definition) is 3. The summed E-state index contributed by atoms with van der Waals surface area (Å²) in [5.41, 5.74) is 6.51. The summed E-state index contributed by atoms with van der Waals surface area (Å²) in [5, 5.41) is 2.83. The minimum Gasteiger partial charge on any atom is -0.385 e. The number of amides is 1. The second-order valence-electron chi connectivity index (χ2n) is 3.53. The lowest BCUT2D eigenvalue weighted by atomic mass is 10.4. The van der Waals surface area contributed by atoms with Crippen LogP contribution in [-0.4, -0.2) is 30.7 Å². The Hall–Kier alpha value is -1.33. The van der Waals surface area contributed by atoms with Crippen LogP contribution in [0.4, 0.5) is 0 Å². The molecule has 0 spiro atoms. The summed E-state index contributed by atoms with van der Waals surface area (Å²) in [6, 6.07) is 3.80. The summed E-state index contributed by atoms with van der Waals surface area (Å²) in [6.07, 6.45) is 2.69. The lowest BCUT2D eigenvalue weighted by Crippen LogP contribution is -2.29. The van der Waals surface area contributed by atoms with Gasteiger partial charge in [0.05, 0.1) is 0 Å². The summed E-state index contributed by atoms with van der Waals surface area (Å²) >= 11 is 0. The Labute approximate surface area is 95.6 Å². The monoisotopic (exact) mass is 225 g/mol. The van der Waals surface area contributed by atoms with Gasteiger partial charge in [-0.15, -0.1) is 0 Å². The largest absolute Gasteiger partial charge is 0.385 e. The molecule has 1 aromatic heterocycles. The van der Waals surface area contributed by atoms with Crippen molar-refractivity contribution in [3.05, 3.63) is 24.0 Å². The molecule has 0 radical (unpaired) electrons. The average molecular weight is 225 g/mol. The molecule has 0 aliphatic rings. The molecule has 5 nitrogen and oxygen atoms in total. The Kier molecular flexibility index (Phi) is 5.60. The second-order valence-corrected chi connectivity index (χ2v) is 3.53. The van der Waals surface area contributed by atoms with Gasteiger partial charge in [0, 0.05) is 38.7 Å². The third-order valence-electron chi connectivity index (χ3n) is 2.29. The van der Waals surface area contributed by atoms with Crippen molar-refractivity contribution in [1.82, 2.24) is 9.88 Å². The number of aromatic nitrogens is 1. The van der Waals surface area contributed by atoms with Crippen molar-refractivity contribution in [2.45, 2.75) is 19.5 Å². The van der Waals surface area contributed by atoms with Crippen LogP contribution in [0.25, 0.3) is 0 Å². The molecule has 0 aliphatic heterocycles. The first-order chi connectivity index (χ1) is 7.77. The predicted molar refractivity (Wildman–Crippen MR) is 61.8 cm³/mol. The maximum atomic E-state index is 11.5. The van der Waals surface area contributed by atoms with Crippen LogP contribution >= 0.6 is 0 Å². The number of rotatable bonds is 7. The highest BCUT2D eigenvalue weighted by Crippen LogP contribution is 2.00. The number of carbonyl (C=O) groups is 1. The Balaban J connectivity index is 2.28. The van der Waals surface area contributed by atoms with Crippen LogP contribution in [0.1, 0.15) is 12.1 Å². The third-order valence-corrected chi connectivity index (χ3v) is 2.29. The van der Waals surface area contributed by atoms with Gasteiger partial charge in [-0.3, -0.25) is 4.79 Å². The van der Waals surface area contributed by atoms with E-state index < -0.39 is 0 Å². The molecule has 0 aliphatic carbocycles. The van der Waals surface area contributed by atoms with Gasteiger partial charge in [-0.2, -0.15) is 0 Å². The number of nitrogens with one attached hydrogen (secondary N) is 1. The van der Waals surface area contributed by atoms with Crippen LogP contribution in [-0.2, 0) is 22.6 Å². The number of methoxy groups -OCH3 is 1. The molecule has 0 saturated carbocycles. The van der Waals surface area contributed by atoms with E-state index in [1.54, 1.807) is 7.11 Å². The van der Waals surface area contributed by atoms with E-state index in [4.69, 9.17) is 10.5 Å². The topological polar surface area (TPSA) is 69.3 Å². The van der Waals surface area contributed by atoms with Gasteiger partial charge in [-0.1, -0.05) is 0 Å². The minimum atomic E-state index is 0.00185. The van der Waals surface area contributed by atoms with E-state index in [9.17, 15) is 4.79 Å². The average Bonchev–Trinajstić information content (AvgIpc) is 2.71. The summed E-state index contributed by atoms with van der Waals surface area (Å²) in [4.78, 5) is 11.5. The Morgan fingerprint density at radius 1 is 1.62 bits per heavy atom. The third kappa shape index (κ3) is 4.04. The van der Waals surface area contributed by atoms with Crippen LogP contribution in [0.2, 0.25) is 0 Å². The maximum absolute atomic E-state index is 11.5. The number of nitrogens with two attached hydrogens (primary N) is 1. The summed E-state index contributed by atoms with van der Waals surface area (Å²) < 4.78 is 6.75. The first-order valence-electron chi connectivity index (χ1n) is 5.37. The molecule has 5 heteroatoms. The fraction of sp³-hybridized carbons (Fsp3) is 0.545. The number of ether oxygens (including phenoxy) is 1. The van der Waals surface area contributed by atoms with Gasteiger partial charge in [0.15, 0.2) is 0 Å². The van der Waals surface area contributed by atoms with Gasteiger partial charge < -0.3 is 20.4 Å². The van der Waals surface area contributed by atoms with E-state index in [2.05, 4.69) is 5.32 Å². The van der Waals surface area contributed by atoms with Crippen molar-refractivity contribution in [2.24, 2.45) is 5.73 Å².